The van der Waals surface area contributed by atoms with Crippen LogP contribution in [0.4, 0.5) is 0 Å². The van der Waals surface area contributed by atoms with E-state index in [0.717, 1.165) is 5.39 Å². The van der Waals surface area contributed by atoms with E-state index >= 15 is 0 Å². The van der Waals surface area contributed by atoms with E-state index < -0.39 is 0 Å². The van der Waals surface area contributed by atoms with Crippen LogP contribution in [0.25, 0.3) is 11.0 Å². The molecule has 0 bridgehead atoms. The third-order valence-corrected chi connectivity index (χ3v) is 2.16. The maximum Gasteiger partial charge on any atom is 0.173 e. The van der Waals surface area contributed by atoms with E-state index in [0.29, 0.717) is 16.9 Å². The quantitative estimate of drug-likeness (QED) is 0.338. The molecule has 0 saturated carbocycles. The summed E-state index contributed by atoms with van der Waals surface area (Å²) in [6.07, 6.45) is 1.57. The van der Waals surface area contributed by atoms with Crippen molar-refractivity contribution in [1.29, 1.82) is 0 Å². The second-order valence-corrected chi connectivity index (χ2v) is 3.00. The number of nitrogens with two attached hydrogens (primary N) is 1. The zero-order valence-electron chi connectivity index (χ0n) is 8.10. The molecule has 0 aliphatic rings. The Labute approximate surface area is 85.7 Å². The van der Waals surface area contributed by atoms with Gasteiger partial charge < -0.3 is 20.1 Å². The van der Waals surface area contributed by atoms with Crippen molar-refractivity contribution in [2.24, 2.45) is 10.9 Å². The summed E-state index contributed by atoms with van der Waals surface area (Å²) in [5, 5.41) is 12.4. The Morgan fingerprint density at radius 2 is 2.33 bits per heavy atom. The van der Waals surface area contributed by atoms with Gasteiger partial charge in [0.15, 0.2) is 5.84 Å². The Morgan fingerprint density at radius 1 is 1.53 bits per heavy atom. The van der Waals surface area contributed by atoms with Crippen LogP contribution < -0.4 is 10.5 Å². The van der Waals surface area contributed by atoms with Crippen molar-refractivity contribution in [3.05, 3.63) is 30.0 Å². The van der Waals surface area contributed by atoms with E-state index in [1.165, 1.54) is 7.11 Å². The Kier molecular flexibility index (Phi) is 2.21. The molecule has 1 aromatic carbocycles. The van der Waals surface area contributed by atoms with Crippen molar-refractivity contribution in [2.75, 3.05) is 7.11 Å². The fraction of sp³-hybridized carbons (Fsp3) is 0.100. The van der Waals surface area contributed by atoms with Gasteiger partial charge >= 0.3 is 0 Å². The topological polar surface area (TPSA) is 81.0 Å². The molecule has 0 radical (unpaired) electrons. The molecule has 15 heavy (non-hydrogen) atoms. The maximum atomic E-state index is 8.61. The van der Waals surface area contributed by atoms with Gasteiger partial charge in [-0.2, -0.15) is 0 Å². The monoisotopic (exact) mass is 206 g/mol. The predicted molar refractivity (Wildman–Crippen MR) is 55.3 cm³/mol. The largest absolute Gasteiger partial charge is 0.496 e. The van der Waals surface area contributed by atoms with Crippen molar-refractivity contribution in [3.63, 3.8) is 0 Å². The average Bonchev–Trinajstić information content (AvgIpc) is 2.73. The van der Waals surface area contributed by atoms with Gasteiger partial charge in [-0.1, -0.05) is 5.16 Å². The van der Waals surface area contributed by atoms with Gasteiger partial charge in [0.05, 0.1) is 18.9 Å². The van der Waals surface area contributed by atoms with Crippen molar-refractivity contribution < 1.29 is 14.4 Å². The smallest absolute Gasteiger partial charge is 0.173 e. The van der Waals surface area contributed by atoms with Crippen LogP contribution in [0.3, 0.4) is 0 Å². The lowest BCUT2D eigenvalue weighted by Crippen LogP contribution is -2.14. The number of hydrogen-bond donors (Lipinski definition) is 2. The van der Waals surface area contributed by atoms with Crippen molar-refractivity contribution in [2.45, 2.75) is 0 Å². The van der Waals surface area contributed by atoms with Crippen LogP contribution in [0.1, 0.15) is 5.56 Å². The second kappa shape index (κ2) is 3.53. The highest BCUT2D eigenvalue weighted by molar-refractivity contribution is 6.02. The minimum absolute atomic E-state index is 0.00921. The number of oxime groups is 1. The lowest BCUT2D eigenvalue weighted by atomic mass is 10.1. The first-order valence-electron chi connectivity index (χ1n) is 4.29. The molecule has 1 heterocycles. The van der Waals surface area contributed by atoms with E-state index in [2.05, 4.69) is 5.16 Å². The number of amidine groups is 1. The Hall–Kier alpha value is -2.17. The summed E-state index contributed by atoms with van der Waals surface area (Å²) >= 11 is 0. The van der Waals surface area contributed by atoms with Crippen LogP contribution >= 0.6 is 0 Å². The summed E-state index contributed by atoms with van der Waals surface area (Å²) in [7, 11) is 1.51. The van der Waals surface area contributed by atoms with Crippen LogP contribution in [-0.2, 0) is 0 Å². The number of benzene rings is 1. The van der Waals surface area contributed by atoms with Gasteiger partial charge in [-0.3, -0.25) is 0 Å². The molecular weight excluding hydrogens is 196 g/mol. The van der Waals surface area contributed by atoms with E-state index in [1.54, 1.807) is 24.5 Å². The molecule has 0 amide bonds. The molecule has 1 aromatic heterocycles. The Balaban J connectivity index is 2.69. The lowest BCUT2D eigenvalue weighted by molar-refractivity contribution is 0.318. The fourth-order valence-corrected chi connectivity index (χ4v) is 1.41. The second-order valence-electron chi connectivity index (χ2n) is 3.00. The molecule has 2 rings (SSSR count). The SMILES string of the molecule is COc1cc2occc2cc1/C(N)=N\O. The summed E-state index contributed by atoms with van der Waals surface area (Å²) in [5.74, 6) is 0.516. The highest BCUT2D eigenvalue weighted by atomic mass is 16.5. The standard InChI is InChI=1S/C10H10N2O3/c1-14-9-5-8-6(2-3-15-8)4-7(9)10(11)12-13/h2-5,13H,1H3,(H2,11,12). The van der Waals surface area contributed by atoms with Crippen LogP contribution in [-0.4, -0.2) is 18.2 Å². The molecule has 0 unspecified atom stereocenters. The number of ether oxygens (including phenoxy) is 1. The highest BCUT2D eigenvalue weighted by Gasteiger charge is 2.10. The first-order chi connectivity index (χ1) is 7.26. The summed E-state index contributed by atoms with van der Waals surface area (Å²) < 4.78 is 10.3. The van der Waals surface area contributed by atoms with Crippen molar-refractivity contribution >= 4 is 16.8 Å². The first-order valence-corrected chi connectivity index (χ1v) is 4.29. The lowest BCUT2D eigenvalue weighted by Gasteiger charge is -2.06. The van der Waals surface area contributed by atoms with Gasteiger partial charge in [0.25, 0.3) is 0 Å². The number of methoxy groups -OCH3 is 1. The van der Waals surface area contributed by atoms with Crippen LogP contribution in [0, 0.1) is 0 Å². The van der Waals surface area contributed by atoms with E-state index in [4.69, 9.17) is 20.1 Å². The maximum absolute atomic E-state index is 8.61. The van der Waals surface area contributed by atoms with Crippen LogP contribution in [0.15, 0.2) is 34.0 Å². The van der Waals surface area contributed by atoms with Crippen LogP contribution in [0.5, 0.6) is 5.75 Å². The molecule has 0 atom stereocenters. The van der Waals surface area contributed by atoms with Gasteiger partial charge in [0, 0.05) is 11.5 Å². The molecule has 0 aliphatic carbocycles. The fourth-order valence-electron chi connectivity index (χ4n) is 1.41. The highest BCUT2D eigenvalue weighted by Crippen LogP contribution is 2.26. The van der Waals surface area contributed by atoms with Gasteiger partial charge in [-0.05, 0) is 12.1 Å². The zero-order chi connectivity index (χ0) is 10.8. The molecular formula is C10H10N2O3. The Morgan fingerprint density at radius 3 is 3.00 bits per heavy atom. The van der Waals surface area contributed by atoms with E-state index in [-0.39, 0.29) is 5.84 Å². The van der Waals surface area contributed by atoms with Gasteiger partial charge in [0.2, 0.25) is 0 Å². The molecule has 78 valence electrons. The number of nitrogens with zero attached hydrogens (tertiary/aromatic N) is 1. The van der Waals surface area contributed by atoms with Crippen LogP contribution in [0.2, 0.25) is 0 Å². The Bertz CT molecular complexity index is 516. The molecule has 0 aliphatic heterocycles. The van der Waals surface area contributed by atoms with Crippen molar-refractivity contribution in [3.8, 4) is 5.75 Å². The van der Waals surface area contributed by atoms with Gasteiger partial charge in [-0.25, -0.2) is 0 Å². The first kappa shape index (κ1) is 9.39. The molecule has 0 fully saturated rings. The average molecular weight is 206 g/mol. The van der Waals surface area contributed by atoms with E-state index in [1.807, 2.05) is 0 Å². The number of fused-ring (bicyclic) bond motifs is 1. The molecule has 2 aromatic rings. The molecule has 5 nitrogen and oxygen atoms in total. The van der Waals surface area contributed by atoms with Crippen molar-refractivity contribution in [1.82, 2.24) is 0 Å². The molecule has 3 N–H and O–H groups in total. The molecule has 0 saturated heterocycles. The number of furan rings is 1. The van der Waals surface area contributed by atoms with Gasteiger partial charge in [0.1, 0.15) is 11.3 Å². The zero-order valence-corrected chi connectivity index (χ0v) is 8.10. The minimum Gasteiger partial charge on any atom is -0.496 e. The third kappa shape index (κ3) is 1.48. The van der Waals surface area contributed by atoms with Gasteiger partial charge in [-0.15, -0.1) is 0 Å². The predicted octanol–water partition coefficient (Wildman–Crippen LogP) is 1.54. The number of hydrogen-bond acceptors (Lipinski definition) is 4. The third-order valence-electron chi connectivity index (χ3n) is 2.16. The summed E-state index contributed by atoms with van der Waals surface area (Å²) in [6.45, 7) is 0. The normalized spacial score (nSPS) is 11.9. The molecule has 0 spiro atoms. The molecule has 5 heteroatoms. The number of rotatable bonds is 2. The summed E-state index contributed by atoms with van der Waals surface area (Å²) in [4.78, 5) is 0. The summed E-state index contributed by atoms with van der Waals surface area (Å²) in [6, 6.07) is 5.23. The summed E-state index contributed by atoms with van der Waals surface area (Å²) in [5.41, 5.74) is 6.75. The minimum atomic E-state index is 0.00921. The van der Waals surface area contributed by atoms with E-state index in [9.17, 15) is 0 Å².